The van der Waals surface area contributed by atoms with Gasteiger partial charge in [-0.3, -0.25) is 19.4 Å². The molecule has 8 heteroatoms. The van der Waals surface area contributed by atoms with Crippen molar-refractivity contribution in [3.63, 3.8) is 0 Å². The molecule has 0 N–H and O–H groups in total. The summed E-state index contributed by atoms with van der Waals surface area (Å²) in [6.07, 6.45) is 9.31. The molecule has 4 aromatic carbocycles. The monoisotopic (exact) mass is 775 g/mol. The van der Waals surface area contributed by atoms with Crippen molar-refractivity contribution in [1.82, 2.24) is 9.80 Å². The van der Waals surface area contributed by atoms with Crippen molar-refractivity contribution in [1.29, 1.82) is 0 Å². The third-order valence-corrected chi connectivity index (χ3v) is 12.1. The Hall–Kier alpha value is -4.92. The summed E-state index contributed by atoms with van der Waals surface area (Å²) in [4.78, 5) is 30.8. The second kappa shape index (κ2) is 19.5. The van der Waals surface area contributed by atoms with E-state index in [1.54, 1.807) is 28.4 Å². The first-order valence-electron chi connectivity index (χ1n) is 20.2. The number of allylic oxidation sites excluding steroid dienone is 2. The van der Waals surface area contributed by atoms with Crippen LogP contribution in [0.25, 0.3) is 0 Å². The molecule has 2 heterocycles. The Balaban J connectivity index is 0.000000214. The molecule has 4 aromatic rings. The Morgan fingerprint density at radius 3 is 1.63 bits per heavy atom. The normalized spacial score (nSPS) is 19.3. The lowest BCUT2D eigenvalue weighted by atomic mass is 9.85. The van der Waals surface area contributed by atoms with Crippen LogP contribution < -0.4 is 18.9 Å². The highest BCUT2D eigenvalue weighted by Crippen LogP contribution is 2.40. The fourth-order valence-corrected chi connectivity index (χ4v) is 8.99. The number of Topliss-reactive ketones (excluding diaryl/α,β-unsaturated/α-hetero) is 2. The molecule has 1 atom stereocenters. The molecule has 8 rings (SSSR count). The molecule has 2 aliphatic carbocycles. The van der Waals surface area contributed by atoms with Crippen LogP contribution >= 0.6 is 0 Å². The second-order valence-corrected chi connectivity index (χ2v) is 15.7. The number of ketones is 2. The molecular weight excluding hydrogens is 713 g/mol. The van der Waals surface area contributed by atoms with E-state index >= 15 is 0 Å². The van der Waals surface area contributed by atoms with Crippen LogP contribution in [-0.4, -0.2) is 76.0 Å². The molecule has 304 valence electrons. The van der Waals surface area contributed by atoms with Gasteiger partial charge < -0.3 is 18.9 Å². The number of piperidine rings is 2. The van der Waals surface area contributed by atoms with Gasteiger partial charge in [-0.1, -0.05) is 74.2 Å². The smallest absolute Gasteiger partial charge is 0.189 e. The standard InChI is InChI=1S/C24H29NO3.C24H27NO3.CH4.H2/c2*1-27-22-14-19-13-20(24(26)21(19)15-23(22)28-2)12-17-8-10-25(11-9-17)16-18-6-4-3-5-7-18;;/h3-7,14-15,17,20H,8-13,16H2,1-2H3;3-7,12,14-15,17H,8-11,13,16H2,1-2H3;1H4;1H/i;;;1+1. The summed E-state index contributed by atoms with van der Waals surface area (Å²) in [5.41, 5.74) is 7.39. The molecular formula is C49H62N2O6. The minimum absolute atomic E-state index is 0. The number of carbonyl (C=O) groups is 2. The maximum absolute atomic E-state index is 12.9. The Bertz CT molecular complexity index is 2000. The van der Waals surface area contributed by atoms with Crippen LogP contribution in [0.1, 0.15) is 83.9 Å². The topological polar surface area (TPSA) is 77.5 Å². The van der Waals surface area contributed by atoms with Gasteiger partial charge in [0.2, 0.25) is 0 Å². The van der Waals surface area contributed by atoms with Crippen LogP contribution in [0.5, 0.6) is 23.0 Å². The molecule has 0 amide bonds. The van der Waals surface area contributed by atoms with Crippen molar-refractivity contribution in [3.8, 4) is 23.0 Å². The minimum atomic E-state index is 0. The Labute approximate surface area is 341 Å². The van der Waals surface area contributed by atoms with Crippen molar-refractivity contribution in [3.05, 3.63) is 130 Å². The summed E-state index contributed by atoms with van der Waals surface area (Å²) >= 11 is 0. The molecule has 57 heavy (non-hydrogen) atoms. The van der Waals surface area contributed by atoms with Gasteiger partial charge in [0, 0.05) is 43.6 Å². The first-order valence-corrected chi connectivity index (χ1v) is 20.2. The maximum Gasteiger partial charge on any atom is 0.189 e. The highest BCUT2D eigenvalue weighted by atomic mass is 16.5. The molecule has 0 spiro atoms. The number of hydrogen-bond donors (Lipinski definition) is 0. The number of ether oxygens (including phenoxy) is 4. The van der Waals surface area contributed by atoms with Gasteiger partial charge in [0.1, 0.15) is 0 Å². The van der Waals surface area contributed by atoms with Crippen LogP contribution in [0.4, 0.5) is 0 Å². The number of benzene rings is 4. The second-order valence-electron chi connectivity index (χ2n) is 15.7. The Kier molecular flexibility index (Phi) is 14.3. The SMILES string of the molecule is C.COc1cc2c(cc1OC)C(=O)C(=CC1CCN(Cc3ccccc3)CC1)C2.COc1cc2c(cc1OC)C(=O)C(CC1CCN(Cc3ccccc3)CC1)C2.[2HH]. The van der Waals surface area contributed by atoms with E-state index < -0.39 is 0 Å². The van der Waals surface area contributed by atoms with Crippen LogP contribution in [-0.2, 0) is 25.9 Å². The summed E-state index contributed by atoms with van der Waals surface area (Å²) in [7, 11) is 6.48. The largest absolute Gasteiger partial charge is 0.493 e. The van der Waals surface area contributed by atoms with Crippen LogP contribution in [0.15, 0.2) is 96.6 Å². The summed E-state index contributed by atoms with van der Waals surface area (Å²) < 4.78 is 21.5. The van der Waals surface area contributed by atoms with Crippen molar-refractivity contribution in [2.75, 3.05) is 54.6 Å². The number of rotatable bonds is 11. The van der Waals surface area contributed by atoms with Crippen molar-refractivity contribution >= 4 is 11.6 Å². The first-order chi connectivity index (χ1) is 27.3. The van der Waals surface area contributed by atoms with Gasteiger partial charge in [0.25, 0.3) is 0 Å². The molecule has 8 nitrogen and oxygen atoms in total. The van der Waals surface area contributed by atoms with E-state index in [2.05, 4.69) is 76.5 Å². The summed E-state index contributed by atoms with van der Waals surface area (Å²) in [5.74, 6) is 4.30. The zero-order chi connectivity index (χ0) is 39.0. The van der Waals surface area contributed by atoms with E-state index in [4.69, 9.17) is 18.9 Å². The van der Waals surface area contributed by atoms with Crippen LogP contribution in [0, 0.1) is 17.8 Å². The van der Waals surface area contributed by atoms with Crippen LogP contribution in [0.3, 0.4) is 0 Å². The minimum Gasteiger partial charge on any atom is -0.493 e. The lowest BCUT2D eigenvalue weighted by Gasteiger charge is -2.32. The fourth-order valence-electron chi connectivity index (χ4n) is 8.99. The van der Waals surface area contributed by atoms with E-state index in [0.717, 1.165) is 92.8 Å². The third kappa shape index (κ3) is 9.97. The van der Waals surface area contributed by atoms with Crippen molar-refractivity contribution < 1.29 is 30.0 Å². The molecule has 1 unspecified atom stereocenters. The van der Waals surface area contributed by atoms with E-state index in [1.165, 1.54) is 24.0 Å². The zero-order valence-corrected chi connectivity index (χ0v) is 33.4. The third-order valence-electron chi connectivity index (χ3n) is 12.1. The Morgan fingerprint density at radius 2 is 1.11 bits per heavy atom. The summed E-state index contributed by atoms with van der Waals surface area (Å²) in [6.45, 7) is 6.43. The summed E-state index contributed by atoms with van der Waals surface area (Å²) in [6, 6.07) is 28.9. The van der Waals surface area contributed by atoms with Gasteiger partial charge >= 0.3 is 0 Å². The number of hydrogen-bond acceptors (Lipinski definition) is 8. The van der Waals surface area contributed by atoms with Gasteiger partial charge in [-0.25, -0.2) is 0 Å². The van der Waals surface area contributed by atoms with Crippen molar-refractivity contribution in [2.24, 2.45) is 17.8 Å². The van der Waals surface area contributed by atoms with Crippen molar-refractivity contribution in [2.45, 2.75) is 65.5 Å². The first kappa shape index (κ1) is 41.7. The number of methoxy groups -OCH3 is 4. The molecule has 4 aliphatic rings. The number of likely N-dealkylation sites (tertiary alicyclic amines) is 2. The lowest BCUT2D eigenvalue weighted by molar-refractivity contribution is 0.0895. The van der Waals surface area contributed by atoms with Gasteiger partial charge in [-0.2, -0.15) is 0 Å². The summed E-state index contributed by atoms with van der Waals surface area (Å²) in [5, 5.41) is 0. The zero-order valence-electron chi connectivity index (χ0n) is 33.4. The lowest BCUT2D eigenvalue weighted by Crippen LogP contribution is -2.34. The van der Waals surface area contributed by atoms with E-state index in [0.29, 0.717) is 41.3 Å². The van der Waals surface area contributed by atoms with Crippen LogP contribution in [0.2, 0.25) is 0 Å². The predicted molar refractivity (Wildman–Crippen MR) is 229 cm³/mol. The molecule has 0 bridgehead atoms. The van der Waals surface area contributed by atoms with Gasteiger partial charge in [-0.05, 0) is 123 Å². The van der Waals surface area contributed by atoms with E-state index in [1.807, 2.05) is 24.3 Å². The average molecular weight is 776 g/mol. The van der Waals surface area contributed by atoms with E-state index in [-0.39, 0.29) is 26.3 Å². The number of carbonyl (C=O) groups excluding carboxylic acids is 2. The quantitative estimate of drug-likeness (QED) is 0.140. The number of nitrogens with zero attached hydrogens (tertiary/aromatic N) is 2. The molecule has 0 aromatic heterocycles. The van der Waals surface area contributed by atoms with Gasteiger partial charge in [0.15, 0.2) is 34.6 Å². The molecule has 2 saturated heterocycles. The maximum atomic E-state index is 12.9. The fraction of sp³-hybridized carbons (Fsp3) is 0.429. The predicted octanol–water partition coefficient (Wildman–Crippen LogP) is 9.52. The van der Waals surface area contributed by atoms with Gasteiger partial charge in [-0.15, -0.1) is 0 Å². The molecule has 0 saturated carbocycles. The highest BCUT2D eigenvalue weighted by molar-refractivity contribution is 6.13. The highest BCUT2D eigenvalue weighted by Gasteiger charge is 2.35. The Morgan fingerprint density at radius 1 is 0.632 bits per heavy atom. The average Bonchev–Trinajstić information content (AvgIpc) is 3.71. The number of fused-ring (bicyclic) bond motifs is 2. The molecule has 0 radical (unpaired) electrons. The van der Waals surface area contributed by atoms with Gasteiger partial charge in [0.05, 0.1) is 28.4 Å². The van der Waals surface area contributed by atoms with E-state index in [9.17, 15) is 9.59 Å². The molecule has 2 fully saturated rings. The molecule has 2 aliphatic heterocycles.